The van der Waals surface area contributed by atoms with Gasteiger partial charge in [-0.1, -0.05) is 12.1 Å². The van der Waals surface area contributed by atoms with Gasteiger partial charge in [0.25, 0.3) is 0 Å². The third-order valence-electron chi connectivity index (χ3n) is 2.23. The smallest absolute Gasteiger partial charge is 0.408 e. The molecule has 0 aliphatic rings. The lowest BCUT2D eigenvalue weighted by atomic mass is 10.2. The Balaban J connectivity index is 2.61. The standard InChI is InChI=1S/C14H18FNO5/c1-14(2,3)21-13(19)16-10(12(17)18)8-20-11-7-5-4-6-9(11)15/h4-7,10H,8H2,1-3H3,(H,16,19)(H,17,18). The van der Waals surface area contributed by atoms with E-state index in [1.54, 1.807) is 26.8 Å². The number of hydrogen-bond acceptors (Lipinski definition) is 4. The highest BCUT2D eigenvalue weighted by Crippen LogP contribution is 2.15. The fourth-order valence-corrected chi connectivity index (χ4v) is 1.36. The first kappa shape index (κ1) is 16.7. The largest absolute Gasteiger partial charge is 0.488 e. The van der Waals surface area contributed by atoms with Gasteiger partial charge in [-0.3, -0.25) is 0 Å². The predicted octanol–water partition coefficient (Wildman–Crippen LogP) is 2.18. The number of ether oxygens (including phenoxy) is 2. The summed E-state index contributed by atoms with van der Waals surface area (Å²) in [5.74, 6) is -2.01. The van der Waals surface area contributed by atoms with Crippen molar-refractivity contribution >= 4 is 12.1 Å². The number of nitrogens with one attached hydrogen (secondary N) is 1. The highest BCUT2D eigenvalue weighted by atomic mass is 19.1. The van der Waals surface area contributed by atoms with Gasteiger partial charge in [-0.2, -0.15) is 0 Å². The van der Waals surface area contributed by atoms with E-state index >= 15 is 0 Å². The molecule has 0 spiro atoms. The van der Waals surface area contributed by atoms with Crippen LogP contribution >= 0.6 is 0 Å². The first-order valence-corrected chi connectivity index (χ1v) is 6.28. The lowest BCUT2D eigenvalue weighted by molar-refractivity contribution is -0.140. The molecule has 0 saturated heterocycles. The van der Waals surface area contributed by atoms with Crippen LogP contribution in [0.1, 0.15) is 20.8 Å². The van der Waals surface area contributed by atoms with Crippen molar-refractivity contribution in [3.05, 3.63) is 30.1 Å². The van der Waals surface area contributed by atoms with Crippen LogP contribution in [0.3, 0.4) is 0 Å². The fourth-order valence-electron chi connectivity index (χ4n) is 1.36. The van der Waals surface area contributed by atoms with E-state index < -0.39 is 36.1 Å². The van der Waals surface area contributed by atoms with E-state index in [1.165, 1.54) is 18.2 Å². The third-order valence-corrected chi connectivity index (χ3v) is 2.23. The summed E-state index contributed by atoms with van der Waals surface area (Å²) in [6.45, 7) is 4.53. The van der Waals surface area contributed by atoms with Crippen molar-refractivity contribution in [1.82, 2.24) is 5.32 Å². The zero-order valence-electron chi connectivity index (χ0n) is 12.1. The monoisotopic (exact) mass is 299 g/mol. The molecule has 1 atom stereocenters. The summed E-state index contributed by atoms with van der Waals surface area (Å²) in [5, 5.41) is 11.2. The summed E-state index contributed by atoms with van der Waals surface area (Å²) in [6.07, 6.45) is -0.882. The van der Waals surface area contributed by atoms with Gasteiger partial charge in [0, 0.05) is 0 Å². The fraction of sp³-hybridized carbons (Fsp3) is 0.429. The summed E-state index contributed by atoms with van der Waals surface area (Å²) in [4.78, 5) is 22.6. The molecule has 7 heteroatoms. The molecule has 1 aromatic rings. The van der Waals surface area contributed by atoms with Gasteiger partial charge in [-0.05, 0) is 32.9 Å². The maximum absolute atomic E-state index is 13.3. The lowest BCUT2D eigenvalue weighted by Crippen LogP contribution is -2.46. The van der Waals surface area contributed by atoms with Crippen LogP contribution in [0, 0.1) is 5.82 Å². The number of halogens is 1. The van der Waals surface area contributed by atoms with Crippen LogP contribution in [0.2, 0.25) is 0 Å². The van der Waals surface area contributed by atoms with Crippen LogP contribution in [0.15, 0.2) is 24.3 Å². The SMILES string of the molecule is CC(C)(C)OC(=O)NC(COc1ccccc1F)C(=O)O. The quantitative estimate of drug-likeness (QED) is 0.870. The zero-order valence-corrected chi connectivity index (χ0v) is 12.1. The Morgan fingerprint density at radius 1 is 1.33 bits per heavy atom. The van der Waals surface area contributed by atoms with Gasteiger partial charge >= 0.3 is 12.1 Å². The molecule has 0 saturated carbocycles. The van der Waals surface area contributed by atoms with Crippen LogP contribution in [-0.4, -0.2) is 35.4 Å². The van der Waals surface area contributed by atoms with Gasteiger partial charge in [-0.25, -0.2) is 14.0 Å². The molecule has 0 fully saturated rings. The predicted molar refractivity (Wildman–Crippen MR) is 72.7 cm³/mol. The first-order chi connectivity index (χ1) is 9.69. The van der Waals surface area contributed by atoms with Crippen LogP contribution in [-0.2, 0) is 9.53 Å². The Labute approximate surface area is 121 Å². The number of rotatable bonds is 5. The highest BCUT2D eigenvalue weighted by molar-refractivity contribution is 5.80. The molecule has 0 aliphatic carbocycles. The lowest BCUT2D eigenvalue weighted by Gasteiger charge is -2.22. The molecule has 1 aromatic carbocycles. The Morgan fingerprint density at radius 3 is 2.48 bits per heavy atom. The number of hydrogen-bond donors (Lipinski definition) is 2. The summed E-state index contributed by atoms with van der Waals surface area (Å²) in [6, 6.07) is 4.24. The van der Waals surface area contributed by atoms with E-state index in [0.717, 1.165) is 0 Å². The summed E-state index contributed by atoms with van der Waals surface area (Å²) >= 11 is 0. The molecule has 2 N–H and O–H groups in total. The second kappa shape index (κ2) is 6.92. The third kappa shape index (κ3) is 6.11. The zero-order chi connectivity index (χ0) is 16.0. The van der Waals surface area contributed by atoms with Crippen LogP contribution in [0.5, 0.6) is 5.75 Å². The van der Waals surface area contributed by atoms with Gasteiger partial charge in [0.1, 0.15) is 12.2 Å². The molecule has 0 radical (unpaired) electrons. The average Bonchev–Trinajstić information content (AvgIpc) is 2.33. The molecule has 0 aromatic heterocycles. The number of amides is 1. The van der Waals surface area contributed by atoms with Gasteiger partial charge in [0.05, 0.1) is 0 Å². The molecule has 0 aliphatic heterocycles. The molecular weight excluding hydrogens is 281 g/mol. The van der Waals surface area contributed by atoms with E-state index in [9.17, 15) is 14.0 Å². The normalized spacial score (nSPS) is 12.4. The summed E-state index contributed by atoms with van der Waals surface area (Å²) in [5.41, 5.74) is -0.750. The Kier molecular flexibility index (Phi) is 5.52. The van der Waals surface area contributed by atoms with E-state index in [2.05, 4.69) is 5.32 Å². The number of para-hydroxylation sites is 1. The maximum Gasteiger partial charge on any atom is 0.408 e. The number of benzene rings is 1. The van der Waals surface area contributed by atoms with Crippen molar-refractivity contribution in [1.29, 1.82) is 0 Å². The van der Waals surface area contributed by atoms with Crippen molar-refractivity contribution in [3.63, 3.8) is 0 Å². The number of carbonyl (C=O) groups is 2. The van der Waals surface area contributed by atoms with Crippen LogP contribution in [0.4, 0.5) is 9.18 Å². The molecule has 21 heavy (non-hydrogen) atoms. The van der Waals surface area contributed by atoms with Gasteiger partial charge in [-0.15, -0.1) is 0 Å². The van der Waals surface area contributed by atoms with Crippen molar-refractivity contribution in [3.8, 4) is 5.75 Å². The number of alkyl carbamates (subject to hydrolysis) is 1. The molecule has 116 valence electrons. The van der Waals surface area contributed by atoms with E-state index in [4.69, 9.17) is 14.6 Å². The number of carboxylic acid groups (broad SMARTS) is 1. The van der Waals surface area contributed by atoms with E-state index in [1.807, 2.05) is 0 Å². The van der Waals surface area contributed by atoms with Gasteiger partial charge in [0.2, 0.25) is 0 Å². The van der Waals surface area contributed by atoms with E-state index in [0.29, 0.717) is 0 Å². The molecule has 6 nitrogen and oxygen atoms in total. The Hall–Kier alpha value is -2.31. The van der Waals surface area contributed by atoms with Crippen molar-refractivity contribution in [2.24, 2.45) is 0 Å². The van der Waals surface area contributed by atoms with Gasteiger partial charge in [0.15, 0.2) is 17.6 Å². The Bertz CT molecular complexity index is 512. The first-order valence-electron chi connectivity index (χ1n) is 6.28. The average molecular weight is 299 g/mol. The second-order valence-corrected chi connectivity index (χ2v) is 5.28. The molecule has 1 amide bonds. The van der Waals surface area contributed by atoms with Crippen molar-refractivity contribution in [2.45, 2.75) is 32.4 Å². The number of aliphatic carboxylic acids is 1. The van der Waals surface area contributed by atoms with E-state index in [-0.39, 0.29) is 5.75 Å². The molecule has 1 unspecified atom stereocenters. The highest BCUT2D eigenvalue weighted by Gasteiger charge is 2.24. The molecule has 0 heterocycles. The molecule has 1 rings (SSSR count). The summed E-state index contributed by atoms with van der Waals surface area (Å²) < 4.78 is 23.4. The van der Waals surface area contributed by atoms with Crippen molar-refractivity contribution in [2.75, 3.05) is 6.61 Å². The number of carboxylic acids is 1. The van der Waals surface area contributed by atoms with Crippen LogP contribution < -0.4 is 10.1 Å². The Morgan fingerprint density at radius 2 is 1.95 bits per heavy atom. The maximum atomic E-state index is 13.3. The molecular formula is C14H18FNO5. The summed E-state index contributed by atoms with van der Waals surface area (Å²) in [7, 11) is 0. The molecule has 0 bridgehead atoms. The topological polar surface area (TPSA) is 84.9 Å². The minimum atomic E-state index is -1.35. The number of carbonyl (C=O) groups excluding carboxylic acids is 1. The van der Waals surface area contributed by atoms with Gasteiger partial charge < -0.3 is 19.9 Å². The van der Waals surface area contributed by atoms with Crippen molar-refractivity contribution < 1.29 is 28.6 Å². The second-order valence-electron chi connectivity index (χ2n) is 5.28. The minimum absolute atomic E-state index is 0.0882. The van der Waals surface area contributed by atoms with Crippen LogP contribution in [0.25, 0.3) is 0 Å². The minimum Gasteiger partial charge on any atom is -0.488 e.